The molecular weight excluding hydrogens is 264 g/mol. The van der Waals surface area contributed by atoms with Gasteiger partial charge in [-0.2, -0.15) is 0 Å². The summed E-state index contributed by atoms with van der Waals surface area (Å²) in [4.78, 5) is 16.4. The molecule has 4 heteroatoms. The molecule has 0 spiro atoms. The molecule has 1 aromatic carbocycles. The third kappa shape index (κ3) is 4.08. The first kappa shape index (κ1) is 15.6. The highest BCUT2D eigenvalue weighted by Gasteiger charge is 2.22. The molecule has 0 atom stereocenters. The minimum Gasteiger partial charge on any atom is -0.496 e. The second-order valence-electron chi connectivity index (χ2n) is 5.56. The Morgan fingerprint density at radius 1 is 1.33 bits per heavy atom. The maximum Gasteiger partial charge on any atom is 0.246 e. The molecule has 1 fully saturated rings. The Morgan fingerprint density at radius 2 is 2.00 bits per heavy atom. The molecule has 1 saturated heterocycles. The van der Waals surface area contributed by atoms with Crippen molar-refractivity contribution in [1.29, 1.82) is 0 Å². The Hall–Kier alpha value is -1.81. The van der Waals surface area contributed by atoms with Crippen molar-refractivity contribution in [2.45, 2.75) is 18.9 Å². The van der Waals surface area contributed by atoms with Crippen LogP contribution in [-0.4, -0.2) is 56.0 Å². The van der Waals surface area contributed by atoms with E-state index < -0.39 is 0 Å². The van der Waals surface area contributed by atoms with E-state index in [4.69, 9.17) is 4.74 Å². The van der Waals surface area contributed by atoms with Crippen molar-refractivity contribution in [2.24, 2.45) is 0 Å². The fraction of sp³-hybridized carbons (Fsp3) is 0.471. The van der Waals surface area contributed by atoms with E-state index in [1.807, 2.05) is 42.3 Å². The van der Waals surface area contributed by atoms with Crippen LogP contribution in [0.4, 0.5) is 0 Å². The lowest BCUT2D eigenvalue weighted by molar-refractivity contribution is -0.127. The van der Waals surface area contributed by atoms with Crippen molar-refractivity contribution >= 4 is 12.0 Å². The maximum absolute atomic E-state index is 12.3. The van der Waals surface area contributed by atoms with Crippen LogP contribution in [0.3, 0.4) is 0 Å². The van der Waals surface area contributed by atoms with Gasteiger partial charge < -0.3 is 14.5 Å². The first-order valence-electron chi connectivity index (χ1n) is 7.38. The van der Waals surface area contributed by atoms with Crippen LogP contribution in [0, 0.1) is 0 Å². The van der Waals surface area contributed by atoms with Crippen molar-refractivity contribution in [3.63, 3.8) is 0 Å². The van der Waals surface area contributed by atoms with Crippen LogP contribution in [0.2, 0.25) is 0 Å². The number of likely N-dealkylation sites (tertiary alicyclic amines) is 1. The van der Waals surface area contributed by atoms with Crippen molar-refractivity contribution < 1.29 is 9.53 Å². The number of hydrogen-bond acceptors (Lipinski definition) is 3. The van der Waals surface area contributed by atoms with E-state index in [9.17, 15) is 4.79 Å². The third-order valence-electron chi connectivity index (χ3n) is 4.13. The monoisotopic (exact) mass is 288 g/mol. The average Bonchev–Trinajstić information content (AvgIpc) is 2.52. The minimum absolute atomic E-state index is 0.0514. The van der Waals surface area contributed by atoms with Gasteiger partial charge in [0.1, 0.15) is 5.75 Å². The zero-order chi connectivity index (χ0) is 15.2. The predicted octanol–water partition coefficient (Wildman–Crippen LogP) is 2.26. The molecule has 2 rings (SSSR count). The van der Waals surface area contributed by atoms with Gasteiger partial charge in [0.25, 0.3) is 0 Å². The summed E-state index contributed by atoms with van der Waals surface area (Å²) in [6.45, 7) is 2.11. The molecule has 1 amide bonds. The predicted molar refractivity (Wildman–Crippen MR) is 85.3 cm³/mol. The first-order valence-corrected chi connectivity index (χ1v) is 7.38. The lowest BCUT2D eigenvalue weighted by Crippen LogP contribution is -2.43. The largest absolute Gasteiger partial charge is 0.496 e. The van der Waals surface area contributed by atoms with Gasteiger partial charge in [0.15, 0.2) is 0 Å². The number of methoxy groups -OCH3 is 1. The molecule has 1 aliphatic rings. The molecule has 0 saturated carbocycles. The average molecular weight is 288 g/mol. The number of rotatable bonds is 4. The molecule has 0 unspecified atom stereocenters. The van der Waals surface area contributed by atoms with E-state index in [1.165, 1.54) is 0 Å². The van der Waals surface area contributed by atoms with Crippen LogP contribution in [0.5, 0.6) is 5.75 Å². The number of benzene rings is 1. The summed E-state index contributed by atoms with van der Waals surface area (Å²) in [5, 5.41) is 0. The third-order valence-corrected chi connectivity index (χ3v) is 4.13. The highest BCUT2D eigenvalue weighted by atomic mass is 16.5. The van der Waals surface area contributed by atoms with Gasteiger partial charge in [0.2, 0.25) is 5.91 Å². The van der Waals surface area contributed by atoms with E-state index >= 15 is 0 Å². The maximum atomic E-state index is 12.3. The van der Waals surface area contributed by atoms with Crippen molar-refractivity contribution in [3.05, 3.63) is 35.9 Å². The molecule has 114 valence electrons. The number of likely N-dealkylation sites (N-methyl/N-ethyl adjacent to an activating group) is 1. The van der Waals surface area contributed by atoms with Crippen molar-refractivity contribution in [3.8, 4) is 5.75 Å². The second-order valence-corrected chi connectivity index (χ2v) is 5.56. The molecule has 1 heterocycles. The Balaban J connectivity index is 1.98. The molecule has 1 aromatic rings. The zero-order valence-electron chi connectivity index (χ0n) is 13.1. The van der Waals surface area contributed by atoms with Gasteiger partial charge in [0.05, 0.1) is 7.11 Å². The molecule has 1 aliphatic heterocycles. The fourth-order valence-electron chi connectivity index (χ4n) is 2.64. The van der Waals surface area contributed by atoms with E-state index in [-0.39, 0.29) is 5.91 Å². The van der Waals surface area contributed by atoms with Crippen LogP contribution >= 0.6 is 0 Å². The molecule has 21 heavy (non-hydrogen) atoms. The van der Waals surface area contributed by atoms with Crippen LogP contribution in [0.1, 0.15) is 18.4 Å². The molecule has 0 radical (unpaired) electrons. The summed E-state index contributed by atoms with van der Waals surface area (Å²) >= 11 is 0. The van der Waals surface area contributed by atoms with Crippen molar-refractivity contribution in [1.82, 2.24) is 9.80 Å². The number of nitrogens with zero attached hydrogens (tertiary/aromatic N) is 2. The number of carbonyl (C=O) groups is 1. The molecule has 0 N–H and O–H groups in total. The summed E-state index contributed by atoms with van der Waals surface area (Å²) < 4.78 is 5.28. The van der Waals surface area contributed by atoms with Crippen LogP contribution in [0.25, 0.3) is 6.08 Å². The molecule has 0 aliphatic carbocycles. The smallest absolute Gasteiger partial charge is 0.246 e. The van der Waals surface area contributed by atoms with E-state index in [0.29, 0.717) is 6.04 Å². The Kier molecular flexibility index (Phi) is 5.39. The molecule has 0 bridgehead atoms. The summed E-state index contributed by atoms with van der Waals surface area (Å²) in [5.74, 6) is 0.832. The summed E-state index contributed by atoms with van der Waals surface area (Å²) in [5.41, 5.74) is 0.921. The van der Waals surface area contributed by atoms with E-state index in [2.05, 4.69) is 11.9 Å². The first-order chi connectivity index (χ1) is 10.1. The normalized spacial score (nSPS) is 17.1. The number of carbonyl (C=O) groups excluding carboxylic acids is 1. The summed E-state index contributed by atoms with van der Waals surface area (Å²) in [6, 6.07) is 8.04. The second kappa shape index (κ2) is 7.27. The van der Waals surface area contributed by atoms with Gasteiger partial charge in [-0.1, -0.05) is 18.2 Å². The topological polar surface area (TPSA) is 32.8 Å². The van der Waals surface area contributed by atoms with Gasteiger partial charge in [-0.3, -0.25) is 4.79 Å². The number of amides is 1. The SMILES string of the molecule is COc1ccccc1C=CC(=O)N(C)C1CCN(C)CC1. The van der Waals surface area contributed by atoms with Gasteiger partial charge in [-0.15, -0.1) is 0 Å². The van der Waals surface area contributed by atoms with Gasteiger partial charge >= 0.3 is 0 Å². The van der Waals surface area contributed by atoms with Gasteiger partial charge in [-0.05, 0) is 45.1 Å². The van der Waals surface area contributed by atoms with Crippen LogP contribution < -0.4 is 4.74 Å². The quantitative estimate of drug-likeness (QED) is 0.797. The molecule has 4 nitrogen and oxygen atoms in total. The van der Waals surface area contributed by atoms with Crippen LogP contribution in [0.15, 0.2) is 30.3 Å². The number of hydrogen-bond donors (Lipinski definition) is 0. The summed E-state index contributed by atoms with van der Waals surface area (Å²) in [7, 11) is 5.66. The molecule has 0 aromatic heterocycles. The Bertz CT molecular complexity index is 505. The zero-order valence-corrected chi connectivity index (χ0v) is 13.1. The Morgan fingerprint density at radius 3 is 2.67 bits per heavy atom. The van der Waals surface area contributed by atoms with Crippen molar-refractivity contribution in [2.75, 3.05) is 34.3 Å². The lowest BCUT2D eigenvalue weighted by Gasteiger charge is -2.34. The summed E-state index contributed by atoms with van der Waals surface area (Å²) in [6.07, 6.45) is 5.55. The van der Waals surface area contributed by atoms with E-state index in [1.54, 1.807) is 13.2 Å². The standard InChI is InChI=1S/C17H24N2O2/c1-18-12-10-15(11-13-18)19(2)17(20)9-8-14-6-4-5-7-16(14)21-3/h4-9,15H,10-13H2,1-3H3. The number of ether oxygens (including phenoxy) is 1. The fourth-order valence-corrected chi connectivity index (χ4v) is 2.64. The highest BCUT2D eigenvalue weighted by molar-refractivity contribution is 5.92. The number of piperidine rings is 1. The van der Waals surface area contributed by atoms with Crippen LogP contribution in [-0.2, 0) is 4.79 Å². The minimum atomic E-state index is 0.0514. The van der Waals surface area contributed by atoms with Gasteiger partial charge in [0, 0.05) is 24.7 Å². The molecular formula is C17H24N2O2. The van der Waals surface area contributed by atoms with E-state index in [0.717, 1.165) is 37.2 Å². The lowest BCUT2D eigenvalue weighted by atomic mass is 10.0. The number of para-hydroxylation sites is 1. The highest BCUT2D eigenvalue weighted by Crippen LogP contribution is 2.19. The Labute approximate surface area is 127 Å². The van der Waals surface area contributed by atoms with Gasteiger partial charge in [-0.25, -0.2) is 0 Å².